The number of hydrogen-bond donors (Lipinski definition) is 1. The van der Waals surface area contributed by atoms with Gasteiger partial charge in [-0.25, -0.2) is 4.79 Å². The van der Waals surface area contributed by atoms with Crippen molar-refractivity contribution in [1.82, 2.24) is 28.4 Å². The fourth-order valence-corrected chi connectivity index (χ4v) is 4.71. The number of benzene rings is 1. The molecule has 0 radical (unpaired) electrons. The van der Waals surface area contributed by atoms with Gasteiger partial charge in [-0.3, -0.25) is 23.6 Å². The molecule has 0 amide bonds. The fraction of sp³-hybridized carbons (Fsp3) is 0.435. The summed E-state index contributed by atoms with van der Waals surface area (Å²) < 4.78 is 10.7. The third-order valence-corrected chi connectivity index (χ3v) is 6.85. The average molecular weight is 452 g/mol. The number of ether oxygens (including phenoxy) is 1. The maximum atomic E-state index is 12.5. The van der Waals surface area contributed by atoms with Gasteiger partial charge in [-0.05, 0) is 38.1 Å². The molecular formula is C23H29N7O3. The Morgan fingerprint density at radius 1 is 1.00 bits per heavy atom. The number of hydrogen-bond acceptors (Lipinski definition) is 6. The average Bonchev–Trinajstić information content (AvgIpc) is 3.33. The van der Waals surface area contributed by atoms with E-state index in [0.29, 0.717) is 16.9 Å². The molecule has 1 aliphatic rings. The number of aromatic amines is 1. The first-order valence-corrected chi connectivity index (χ1v) is 11.2. The minimum atomic E-state index is -0.455. The monoisotopic (exact) mass is 451 g/mol. The van der Waals surface area contributed by atoms with E-state index in [9.17, 15) is 9.59 Å². The van der Waals surface area contributed by atoms with Gasteiger partial charge in [0.1, 0.15) is 5.75 Å². The van der Waals surface area contributed by atoms with Gasteiger partial charge in [-0.1, -0.05) is 0 Å². The summed E-state index contributed by atoms with van der Waals surface area (Å²) in [6.45, 7) is 9.58. The second-order valence-electron chi connectivity index (χ2n) is 8.59. The maximum absolute atomic E-state index is 12.5. The molecule has 0 unspecified atom stereocenters. The third-order valence-electron chi connectivity index (χ3n) is 6.85. The maximum Gasteiger partial charge on any atom is 0.329 e. The van der Waals surface area contributed by atoms with Crippen molar-refractivity contribution in [2.24, 2.45) is 7.05 Å². The highest BCUT2D eigenvalue weighted by molar-refractivity contribution is 5.76. The highest BCUT2D eigenvalue weighted by Crippen LogP contribution is 2.22. The van der Waals surface area contributed by atoms with E-state index in [2.05, 4.69) is 36.5 Å². The number of aryl methyl sites for hydroxylation is 2. The van der Waals surface area contributed by atoms with Crippen LogP contribution >= 0.6 is 0 Å². The van der Waals surface area contributed by atoms with E-state index in [1.165, 1.54) is 10.3 Å². The van der Waals surface area contributed by atoms with Crippen LogP contribution in [0.4, 0.5) is 5.69 Å². The number of rotatable bonds is 5. The first kappa shape index (κ1) is 21.3. The molecule has 1 aliphatic heterocycles. The Kier molecular flexibility index (Phi) is 5.24. The van der Waals surface area contributed by atoms with Gasteiger partial charge in [0.25, 0.3) is 5.56 Å². The third kappa shape index (κ3) is 3.50. The first-order chi connectivity index (χ1) is 15.9. The summed E-state index contributed by atoms with van der Waals surface area (Å²) in [5.41, 5.74) is 3.21. The summed E-state index contributed by atoms with van der Waals surface area (Å²) in [5.74, 6) is 1.57. The van der Waals surface area contributed by atoms with Gasteiger partial charge in [0, 0.05) is 63.4 Å². The molecule has 1 aromatic carbocycles. The van der Waals surface area contributed by atoms with Crippen LogP contribution in [0.15, 0.2) is 33.9 Å². The van der Waals surface area contributed by atoms with Gasteiger partial charge in [0.05, 0.1) is 7.11 Å². The number of methoxy groups -OCH3 is 1. The van der Waals surface area contributed by atoms with Crippen LogP contribution in [-0.4, -0.2) is 68.2 Å². The van der Waals surface area contributed by atoms with E-state index in [0.717, 1.165) is 56.4 Å². The van der Waals surface area contributed by atoms with Gasteiger partial charge in [0.2, 0.25) is 5.78 Å². The lowest BCUT2D eigenvalue weighted by atomic mass is 10.2. The summed E-state index contributed by atoms with van der Waals surface area (Å²) in [4.78, 5) is 36.5. The highest BCUT2D eigenvalue weighted by atomic mass is 16.5. The molecule has 4 heterocycles. The van der Waals surface area contributed by atoms with E-state index < -0.39 is 11.2 Å². The summed E-state index contributed by atoms with van der Waals surface area (Å²) in [6.07, 6.45) is 0. The summed E-state index contributed by atoms with van der Waals surface area (Å²) >= 11 is 0. The van der Waals surface area contributed by atoms with Crippen LogP contribution in [0, 0.1) is 13.8 Å². The summed E-state index contributed by atoms with van der Waals surface area (Å²) in [5, 5.41) is 0. The second kappa shape index (κ2) is 8.11. The Morgan fingerprint density at radius 2 is 1.70 bits per heavy atom. The van der Waals surface area contributed by atoms with Gasteiger partial charge in [-0.15, -0.1) is 0 Å². The van der Waals surface area contributed by atoms with Crippen LogP contribution in [0.5, 0.6) is 5.75 Å². The van der Waals surface area contributed by atoms with Crippen molar-refractivity contribution in [3.8, 4) is 5.75 Å². The molecule has 10 nitrogen and oxygen atoms in total. The Labute approximate surface area is 190 Å². The zero-order valence-corrected chi connectivity index (χ0v) is 19.5. The van der Waals surface area contributed by atoms with Crippen molar-refractivity contribution >= 4 is 22.6 Å². The molecule has 33 heavy (non-hydrogen) atoms. The predicted octanol–water partition coefficient (Wildman–Crippen LogP) is 1.12. The molecule has 0 bridgehead atoms. The summed E-state index contributed by atoms with van der Waals surface area (Å²) in [6, 6.07) is 8.21. The number of anilines is 1. The number of H-pyrrole nitrogens is 1. The Bertz CT molecular complexity index is 1430. The van der Waals surface area contributed by atoms with Crippen molar-refractivity contribution < 1.29 is 4.74 Å². The largest absolute Gasteiger partial charge is 0.497 e. The molecular weight excluding hydrogens is 422 g/mol. The Hall–Kier alpha value is -3.53. The summed E-state index contributed by atoms with van der Waals surface area (Å²) in [7, 11) is 3.31. The lowest BCUT2D eigenvalue weighted by molar-refractivity contribution is 0.248. The van der Waals surface area contributed by atoms with Crippen LogP contribution < -0.4 is 20.9 Å². The van der Waals surface area contributed by atoms with Crippen LogP contribution in [0.2, 0.25) is 0 Å². The minimum absolute atomic E-state index is 0.406. The van der Waals surface area contributed by atoms with Crippen LogP contribution in [0.25, 0.3) is 16.9 Å². The van der Waals surface area contributed by atoms with Crippen molar-refractivity contribution in [3.05, 3.63) is 56.5 Å². The molecule has 1 N–H and O–H groups in total. The SMILES string of the molecule is COc1ccc(N2CCN(CCn3c(C)c(C)n4c5c(=O)[nH]c(=O)n(C)c5nc34)CC2)cc1. The zero-order chi connectivity index (χ0) is 23.3. The van der Waals surface area contributed by atoms with Gasteiger partial charge >= 0.3 is 5.69 Å². The topological polar surface area (TPSA) is 92.8 Å². The molecule has 0 aliphatic carbocycles. The lowest BCUT2D eigenvalue weighted by Crippen LogP contribution is -2.47. The molecule has 10 heteroatoms. The number of nitrogens with zero attached hydrogens (tertiary/aromatic N) is 6. The number of aromatic nitrogens is 5. The lowest BCUT2D eigenvalue weighted by Gasteiger charge is -2.36. The van der Waals surface area contributed by atoms with Crippen molar-refractivity contribution in [3.63, 3.8) is 0 Å². The van der Waals surface area contributed by atoms with Crippen molar-refractivity contribution in [1.29, 1.82) is 0 Å². The Morgan fingerprint density at radius 3 is 2.36 bits per heavy atom. The first-order valence-electron chi connectivity index (χ1n) is 11.2. The van der Waals surface area contributed by atoms with E-state index in [-0.39, 0.29) is 0 Å². The molecule has 1 saturated heterocycles. The molecule has 4 aromatic rings. The van der Waals surface area contributed by atoms with E-state index in [4.69, 9.17) is 4.74 Å². The quantitative estimate of drug-likeness (QED) is 0.489. The normalized spacial score (nSPS) is 15.1. The highest BCUT2D eigenvalue weighted by Gasteiger charge is 2.22. The predicted molar refractivity (Wildman–Crippen MR) is 128 cm³/mol. The van der Waals surface area contributed by atoms with Crippen molar-refractivity contribution in [2.75, 3.05) is 44.7 Å². The second-order valence-corrected chi connectivity index (χ2v) is 8.59. The molecule has 5 rings (SSSR count). The minimum Gasteiger partial charge on any atom is -0.497 e. The molecule has 0 spiro atoms. The zero-order valence-electron chi connectivity index (χ0n) is 19.5. The van der Waals surface area contributed by atoms with Gasteiger partial charge in [-0.2, -0.15) is 4.98 Å². The molecule has 3 aromatic heterocycles. The van der Waals surface area contributed by atoms with Crippen LogP contribution in [-0.2, 0) is 13.6 Å². The number of nitrogens with one attached hydrogen (secondary N) is 1. The number of imidazole rings is 2. The number of piperazine rings is 1. The Balaban J connectivity index is 1.34. The van der Waals surface area contributed by atoms with Gasteiger partial charge in [0.15, 0.2) is 11.2 Å². The molecule has 174 valence electrons. The molecule has 0 saturated carbocycles. The molecule has 0 atom stereocenters. The van der Waals surface area contributed by atoms with Crippen LogP contribution in [0.1, 0.15) is 11.4 Å². The standard InChI is InChI=1S/C23H29N7O3/c1-15-16(2)30-19-20(26(3)23(32)25-21(19)31)24-22(30)29(15)14-11-27-9-12-28(13-10-27)17-5-7-18(33-4)8-6-17/h5-8H,9-14H2,1-4H3,(H,25,31,32). The van der Waals surface area contributed by atoms with E-state index >= 15 is 0 Å². The fourth-order valence-electron chi connectivity index (χ4n) is 4.71. The van der Waals surface area contributed by atoms with Gasteiger partial charge < -0.3 is 14.2 Å². The van der Waals surface area contributed by atoms with E-state index in [1.807, 2.05) is 30.4 Å². The molecule has 1 fully saturated rings. The van der Waals surface area contributed by atoms with E-state index in [1.54, 1.807) is 14.2 Å². The number of fused-ring (bicyclic) bond motifs is 3. The van der Waals surface area contributed by atoms with Crippen molar-refractivity contribution in [2.45, 2.75) is 20.4 Å². The smallest absolute Gasteiger partial charge is 0.329 e. The van der Waals surface area contributed by atoms with Crippen LogP contribution in [0.3, 0.4) is 0 Å².